The van der Waals surface area contributed by atoms with Crippen molar-refractivity contribution in [2.45, 2.75) is 13.0 Å². The molecule has 0 fully saturated rings. The van der Waals surface area contributed by atoms with Gasteiger partial charge >= 0.3 is 10.2 Å². The first kappa shape index (κ1) is 12.4. The highest BCUT2D eigenvalue weighted by molar-refractivity contribution is 7.91. The van der Waals surface area contributed by atoms with Crippen LogP contribution in [-0.2, 0) is 10.2 Å². The molecule has 0 bridgehead atoms. The predicted octanol–water partition coefficient (Wildman–Crippen LogP) is 0.300. The normalized spacial score (nSPS) is 13.8. The maximum absolute atomic E-state index is 11.1. The number of nitrogens with one attached hydrogen (secondary N) is 3. The molecule has 15 heavy (non-hydrogen) atoms. The predicted molar refractivity (Wildman–Crippen MR) is 61.2 cm³/mol. The van der Waals surface area contributed by atoms with Crippen LogP contribution in [0, 0.1) is 0 Å². The minimum Gasteiger partial charge on any atom is -0.312 e. The summed E-state index contributed by atoms with van der Waals surface area (Å²) in [5.41, 5.74) is 0.816. The molecule has 0 amide bonds. The van der Waals surface area contributed by atoms with Crippen LogP contribution in [0.25, 0.3) is 0 Å². The van der Waals surface area contributed by atoms with Gasteiger partial charge in [0.15, 0.2) is 5.13 Å². The molecule has 0 saturated carbocycles. The van der Waals surface area contributed by atoms with Crippen molar-refractivity contribution in [1.82, 2.24) is 15.0 Å². The molecule has 0 aliphatic rings. The number of thiazole rings is 1. The molecule has 3 N–H and O–H groups in total. The Bertz CT molecular complexity index is 414. The Labute approximate surface area is 93.3 Å². The van der Waals surface area contributed by atoms with Crippen molar-refractivity contribution in [2.24, 2.45) is 0 Å². The fourth-order valence-electron chi connectivity index (χ4n) is 0.846. The molecule has 0 aliphatic heterocycles. The summed E-state index contributed by atoms with van der Waals surface area (Å²) in [6.45, 7) is 1.95. The van der Waals surface area contributed by atoms with Gasteiger partial charge in [-0.15, -0.1) is 11.3 Å². The van der Waals surface area contributed by atoms with Crippen molar-refractivity contribution >= 4 is 26.7 Å². The number of anilines is 1. The van der Waals surface area contributed by atoms with Gasteiger partial charge in [-0.05, 0) is 14.0 Å². The average molecular weight is 250 g/mol. The molecule has 1 aromatic rings. The molecule has 0 radical (unpaired) electrons. The van der Waals surface area contributed by atoms with Gasteiger partial charge in [-0.25, -0.2) is 14.4 Å². The van der Waals surface area contributed by atoms with Crippen molar-refractivity contribution in [3.8, 4) is 0 Å². The first-order valence-corrected chi connectivity index (χ1v) is 6.68. The monoisotopic (exact) mass is 250 g/mol. The lowest BCUT2D eigenvalue weighted by Gasteiger charge is -2.05. The highest BCUT2D eigenvalue weighted by Gasteiger charge is 2.12. The molecule has 0 aliphatic carbocycles. The van der Waals surface area contributed by atoms with Crippen LogP contribution in [-0.4, -0.2) is 27.5 Å². The molecular weight excluding hydrogens is 236 g/mol. The number of hydrogen-bond acceptors (Lipinski definition) is 5. The summed E-state index contributed by atoms with van der Waals surface area (Å²) < 4.78 is 26.8. The number of hydrogen-bond donors (Lipinski definition) is 3. The maximum Gasteiger partial charge on any atom is 0.300 e. The quantitative estimate of drug-likeness (QED) is 0.702. The third-order valence-corrected chi connectivity index (χ3v) is 3.79. The van der Waals surface area contributed by atoms with Gasteiger partial charge in [-0.3, -0.25) is 0 Å². The van der Waals surface area contributed by atoms with Crippen molar-refractivity contribution in [2.75, 3.05) is 18.8 Å². The second-order valence-electron chi connectivity index (χ2n) is 2.90. The first-order valence-electron chi connectivity index (χ1n) is 4.32. The SMILES string of the molecule is CNC(C)c1csc(NS(=O)(=O)NC)n1. The van der Waals surface area contributed by atoms with Gasteiger partial charge in [0.1, 0.15) is 0 Å². The zero-order valence-electron chi connectivity index (χ0n) is 8.73. The summed E-state index contributed by atoms with van der Waals surface area (Å²) in [5, 5.41) is 5.20. The van der Waals surface area contributed by atoms with E-state index < -0.39 is 10.2 Å². The highest BCUT2D eigenvalue weighted by Crippen LogP contribution is 2.20. The van der Waals surface area contributed by atoms with E-state index in [0.29, 0.717) is 5.13 Å². The minimum absolute atomic E-state index is 0.106. The first-order chi connectivity index (χ1) is 6.98. The molecule has 6 nitrogen and oxygen atoms in total. The molecule has 0 spiro atoms. The standard InChI is InChI=1S/C7H14N4O2S2/c1-5(8-2)6-4-14-7(10-6)11-15(12,13)9-3/h4-5,8-9H,1-3H3,(H,10,11). The maximum atomic E-state index is 11.1. The van der Waals surface area contributed by atoms with Crippen LogP contribution in [0.2, 0.25) is 0 Å². The van der Waals surface area contributed by atoms with Gasteiger partial charge < -0.3 is 5.32 Å². The lowest BCUT2D eigenvalue weighted by atomic mass is 10.3. The summed E-state index contributed by atoms with van der Waals surface area (Å²) >= 11 is 1.25. The van der Waals surface area contributed by atoms with E-state index in [4.69, 9.17) is 0 Å². The van der Waals surface area contributed by atoms with Gasteiger partial charge in [0.2, 0.25) is 0 Å². The molecule has 1 unspecified atom stereocenters. The van der Waals surface area contributed by atoms with Crippen LogP contribution in [0.3, 0.4) is 0 Å². The summed E-state index contributed by atoms with van der Waals surface area (Å²) in [6, 6.07) is 0.106. The Hall–Kier alpha value is -0.700. The van der Waals surface area contributed by atoms with E-state index >= 15 is 0 Å². The van der Waals surface area contributed by atoms with Crippen molar-refractivity contribution in [3.05, 3.63) is 11.1 Å². The molecule has 86 valence electrons. The van der Waals surface area contributed by atoms with Crippen molar-refractivity contribution < 1.29 is 8.42 Å². The van der Waals surface area contributed by atoms with Gasteiger partial charge in [0, 0.05) is 18.5 Å². The fraction of sp³-hybridized carbons (Fsp3) is 0.571. The number of rotatable bonds is 5. The van der Waals surface area contributed by atoms with E-state index in [0.717, 1.165) is 5.69 Å². The Balaban J connectivity index is 2.77. The van der Waals surface area contributed by atoms with Crippen LogP contribution in [0.4, 0.5) is 5.13 Å². The molecule has 0 aromatic carbocycles. The van der Waals surface area contributed by atoms with E-state index in [1.54, 1.807) is 0 Å². The van der Waals surface area contributed by atoms with E-state index in [1.165, 1.54) is 18.4 Å². The van der Waals surface area contributed by atoms with Crippen molar-refractivity contribution in [3.63, 3.8) is 0 Å². The number of nitrogens with zero attached hydrogens (tertiary/aromatic N) is 1. The molecule has 1 atom stereocenters. The summed E-state index contributed by atoms with van der Waals surface area (Å²) in [6.07, 6.45) is 0. The molecule has 1 rings (SSSR count). The Morgan fingerprint density at radius 2 is 2.13 bits per heavy atom. The van der Waals surface area contributed by atoms with Gasteiger partial charge in [0.05, 0.1) is 5.69 Å². The van der Waals surface area contributed by atoms with Gasteiger partial charge in [-0.2, -0.15) is 8.42 Å². The fourth-order valence-corrected chi connectivity index (χ4v) is 2.39. The second-order valence-corrected chi connectivity index (χ2v) is 5.37. The van der Waals surface area contributed by atoms with Crippen LogP contribution < -0.4 is 14.8 Å². The van der Waals surface area contributed by atoms with Gasteiger partial charge in [-0.1, -0.05) is 0 Å². The molecule has 1 aromatic heterocycles. The van der Waals surface area contributed by atoms with E-state index in [9.17, 15) is 8.42 Å². The third-order valence-electron chi connectivity index (χ3n) is 1.89. The van der Waals surface area contributed by atoms with E-state index in [1.807, 2.05) is 19.4 Å². The summed E-state index contributed by atoms with van der Waals surface area (Å²) in [5.74, 6) is 0. The molecular formula is C7H14N4O2S2. The lowest BCUT2D eigenvalue weighted by Crippen LogP contribution is -2.26. The largest absolute Gasteiger partial charge is 0.312 e. The molecule has 8 heteroatoms. The summed E-state index contributed by atoms with van der Waals surface area (Å²) in [4.78, 5) is 4.14. The molecule has 0 saturated heterocycles. The van der Waals surface area contributed by atoms with Crippen LogP contribution >= 0.6 is 11.3 Å². The van der Waals surface area contributed by atoms with Crippen LogP contribution in [0.1, 0.15) is 18.7 Å². The second kappa shape index (κ2) is 4.88. The van der Waals surface area contributed by atoms with Crippen LogP contribution in [0.5, 0.6) is 0 Å². The van der Waals surface area contributed by atoms with E-state index in [2.05, 4.69) is 19.7 Å². The average Bonchev–Trinajstić information content (AvgIpc) is 2.64. The van der Waals surface area contributed by atoms with Crippen molar-refractivity contribution in [1.29, 1.82) is 0 Å². The Morgan fingerprint density at radius 1 is 1.47 bits per heavy atom. The highest BCUT2D eigenvalue weighted by atomic mass is 32.2. The topological polar surface area (TPSA) is 83.1 Å². The summed E-state index contributed by atoms with van der Waals surface area (Å²) in [7, 11) is -0.303. The Kier molecular flexibility index (Phi) is 4.03. The Morgan fingerprint density at radius 3 is 2.67 bits per heavy atom. The zero-order chi connectivity index (χ0) is 11.5. The van der Waals surface area contributed by atoms with Crippen LogP contribution in [0.15, 0.2) is 5.38 Å². The minimum atomic E-state index is -3.46. The third kappa shape index (κ3) is 3.42. The number of aromatic nitrogens is 1. The van der Waals surface area contributed by atoms with E-state index in [-0.39, 0.29) is 6.04 Å². The lowest BCUT2D eigenvalue weighted by molar-refractivity contribution is 0.593. The van der Waals surface area contributed by atoms with Gasteiger partial charge in [0.25, 0.3) is 0 Å². The smallest absolute Gasteiger partial charge is 0.300 e. The molecule has 1 heterocycles. The zero-order valence-corrected chi connectivity index (χ0v) is 10.4.